The van der Waals surface area contributed by atoms with E-state index in [1.54, 1.807) is 23.9 Å². The van der Waals surface area contributed by atoms with Crippen molar-refractivity contribution in [3.05, 3.63) is 84.4 Å². The summed E-state index contributed by atoms with van der Waals surface area (Å²) in [5, 5.41) is 10.8. The number of fused-ring (bicyclic) bond motifs is 1. The Balaban J connectivity index is 1.74. The van der Waals surface area contributed by atoms with Gasteiger partial charge in [-0.2, -0.15) is 0 Å². The largest absolute Gasteiger partial charge is 0.508 e. The summed E-state index contributed by atoms with van der Waals surface area (Å²) >= 11 is 1.58. The second kappa shape index (κ2) is 6.77. The van der Waals surface area contributed by atoms with Gasteiger partial charge < -0.3 is 10.1 Å². The van der Waals surface area contributed by atoms with E-state index < -0.39 is 0 Å². The third-order valence-electron chi connectivity index (χ3n) is 5.01. The van der Waals surface area contributed by atoms with Gasteiger partial charge in [0, 0.05) is 16.5 Å². The number of para-hydroxylation sites is 1. The minimum Gasteiger partial charge on any atom is -0.508 e. The number of thioether (sulfide) groups is 1. The van der Waals surface area contributed by atoms with Gasteiger partial charge in [-0.3, -0.25) is 9.69 Å². The topological polar surface area (TPSA) is 56.3 Å². The zero-order valence-electron chi connectivity index (χ0n) is 15.0. The first-order chi connectivity index (χ1) is 13.7. The van der Waals surface area contributed by atoms with Crippen LogP contribution in [0.3, 0.4) is 0 Å². The summed E-state index contributed by atoms with van der Waals surface area (Å²) in [5.74, 6) is 0.688. The number of aromatic nitrogens is 1. The molecule has 5 heteroatoms. The van der Waals surface area contributed by atoms with Gasteiger partial charge in [0.15, 0.2) is 0 Å². The van der Waals surface area contributed by atoms with Gasteiger partial charge in [-0.15, -0.1) is 11.8 Å². The van der Waals surface area contributed by atoms with E-state index in [9.17, 15) is 9.90 Å². The van der Waals surface area contributed by atoms with E-state index >= 15 is 0 Å². The molecule has 4 nitrogen and oxygen atoms in total. The number of phenols is 1. The maximum atomic E-state index is 13.0. The zero-order chi connectivity index (χ0) is 19.1. The Hall–Kier alpha value is -3.18. The Morgan fingerprint density at radius 2 is 1.75 bits per heavy atom. The summed E-state index contributed by atoms with van der Waals surface area (Å²) in [6.07, 6.45) is 0. The number of rotatable bonds is 3. The van der Waals surface area contributed by atoms with E-state index in [0.717, 1.165) is 33.4 Å². The molecule has 0 aliphatic carbocycles. The molecule has 1 atom stereocenters. The van der Waals surface area contributed by atoms with Crippen molar-refractivity contribution in [1.82, 2.24) is 4.98 Å². The highest BCUT2D eigenvalue weighted by atomic mass is 32.2. The van der Waals surface area contributed by atoms with Crippen molar-refractivity contribution in [2.75, 3.05) is 10.7 Å². The van der Waals surface area contributed by atoms with E-state index in [2.05, 4.69) is 4.98 Å². The van der Waals surface area contributed by atoms with Gasteiger partial charge in [-0.1, -0.05) is 60.7 Å². The predicted octanol–water partition coefficient (Wildman–Crippen LogP) is 5.32. The minimum absolute atomic E-state index is 0.0697. The number of nitrogens with one attached hydrogen (secondary N) is 1. The highest BCUT2D eigenvalue weighted by Gasteiger charge is 2.37. The molecule has 3 aromatic carbocycles. The van der Waals surface area contributed by atoms with Crippen molar-refractivity contribution >= 4 is 34.3 Å². The summed E-state index contributed by atoms with van der Waals surface area (Å²) in [5.41, 5.74) is 4.77. The average molecular weight is 386 g/mol. The normalized spacial score (nSPS) is 16.8. The number of carbonyl (C=O) groups is 1. The molecule has 1 aliphatic rings. The van der Waals surface area contributed by atoms with Crippen LogP contribution in [0.15, 0.2) is 78.9 Å². The molecule has 0 spiro atoms. The van der Waals surface area contributed by atoms with E-state index in [1.165, 1.54) is 0 Å². The Morgan fingerprint density at radius 3 is 2.57 bits per heavy atom. The molecular weight excluding hydrogens is 368 g/mol. The van der Waals surface area contributed by atoms with Crippen LogP contribution in [0.1, 0.15) is 10.9 Å². The van der Waals surface area contributed by atoms with Crippen LogP contribution in [0, 0.1) is 0 Å². The molecule has 2 N–H and O–H groups in total. The summed E-state index contributed by atoms with van der Waals surface area (Å²) in [6.45, 7) is 0. The van der Waals surface area contributed by atoms with E-state index in [4.69, 9.17) is 0 Å². The molecule has 0 bridgehead atoms. The number of anilines is 1. The summed E-state index contributed by atoms with van der Waals surface area (Å²) in [6, 6.07) is 25.3. The lowest BCUT2D eigenvalue weighted by Gasteiger charge is -2.25. The molecule has 1 saturated heterocycles. The Bertz CT molecular complexity index is 1170. The fourth-order valence-corrected chi connectivity index (χ4v) is 4.93. The van der Waals surface area contributed by atoms with Crippen LogP contribution in [0.4, 0.5) is 5.69 Å². The van der Waals surface area contributed by atoms with Gasteiger partial charge in [0.2, 0.25) is 5.91 Å². The summed E-state index contributed by atoms with van der Waals surface area (Å²) in [7, 11) is 0. The van der Waals surface area contributed by atoms with E-state index in [1.807, 2.05) is 71.6 Å². The predicted molar refractivity (Wildman–Crippen MR) is 115 cm³/mol. The Morgan fingerprint density at radius 1 is 0.964 bits per heavy atom. The van der Waals surface area contributed by atoms with Crippen LogP contribution < -0.4 is 4.90 Å². The number of H-pyrrole nitrogens is 1. The molecule has 138 valence electrons. The monoisotopic (exact) mass is 386 g/mol. The minimum atomic E-state index is -0.179. The van der Waals surface area contributed by atoms with Crippen LogP contribution in [0.25, 0.3) is 22.2 Å². The number of hydrogen-bond acceptors (Lipinski definition) is 3. The molecule has 5 rings (SSSR count). The summed E-state index contributed by atoms with van der Waals surface area (Å²) < 4.78 is 0. The van der Waals surface area contributed by atoms with Crippen LogP contribution in [-0.2, 0) is 4.79 Å². The smallest absolute Gasteiger partial charge is 0.238 e. The number of aromatic hydroxyl groups is 1. The van der Waals surface area contributed by atoms with Crippen molar-refractivity contribution in [2.24, 2.45) is 0 Å². The molecule has 1 aromatic heterocycles. The van der Waals surface area contributed by atoms with Gasteiger partial charge in [-0.25, -0.2) is 0 Å². The molecule has 1 unspecified atom stereocenters. The van der Waals surface area contributed by atoms with Gasteiger partial charge >= 0.3 is 0 Å². The molecule has 1 amide bonds. The second-order valence-corrected chi connectivity index (χ2v) is 7.85. The third kappa shape index (κ3) is 2.75. The number of phenolic OH excluding ortho intramolecular Hbond substituents is 1. The lowest BCUT2D eigenvalue weighted by molar-refractivity contribution is -0.115. The first-order valence-corrected chi connectivity index (χ1v) is 10.2. The molecule has 2 heterocycles. The van der Waals surface area contributed by atoms with Gasteiger partial charge in [0.1, 0.15) is 11.1 Å². The molecule has 4 aromatic rings. The first kappa shape index (κ1) is 17.0. The van der Waals surface area contributed by atoms with Crippen LogP contribution in [-0.4, -0.2) is 21.8 Å². The van der Waals surface area contributed by atoms with Crippen LogP contribution in [0.2, 0.25) is 0 Å². The lowest BCUT2D eigenvalue weighted by atomic mass is 10.1. The van der Waals surface area contributed by atoms with Crippen LogP contribution >= 0.6 is 11.8 Å². The SMILES string of the molecule is O=C1CSC(c2cccc(O)c2)N1c1c(-c2ccccc2)[nH]c2ccccc12. The fourth-order valence-electron chi connectivity index (χ4n) is 3.78. The second-order valence-electron chi connectivity index (χ2n) is 6.78. The Labute approximate surface area is 166 Å². The molecule has 0 saturated carbocycles. The number of nitrogens with zero attached hydrogens (tertiary/aromatic N) is 1. The van der Waals surface area contributed by atoms with Gasteiger partial charge in [0.25, 0.3) is 0 Å². The van der Waals surface area contributed by atoms with E-state index in [-0.39, 0.29) is 17.0 Å². The fraction of sp³-hybridized carbons (Fsp3) is 0.0870. The van der Waals surface area contributed by atoms with Gasteiger partial charge in [-0.05, 0) is 23.8 Å². The maximum Gasteiger partial charge on any atom is 0.238 e. The van der Waals surface area contributed by atoms with Crippen molar-refractivity contribution < 1.29 is 9.90 Å². The number of carbonyl (C=O) groups excluding carboxylic acids is 1. The molecule has 28 heavy (non-hydrogen) atoms. The third-order valence-corrected chi connectivity index (χ3v) is 6.22. The average Bonchev–Trinajstić information content (AvgIpc) is 3.29. The highest BCUT2D eigenvalue weighted by molar-refractivity contribution is 8.00. The molecule has 0 radical (unpaired) electrons. The molecule has 1 fully saturated rings. The highest BCUT2D eigenvalue weighted by Crippen LogP contribution is 2.48. The number of hydrogen-bond donors (Lipinski definition) is 2. The molecular formula is C23H18N2O2S. The lowest BCUT2D eigenvalue weighted by Crippen LogP contribution is -2.28. The number of benzene rings is 3. The van der Waals surface area contributed by atoms with E-state index in [0.29, 0.717) is 5.75 Å². The quantitative estimate of drug-likeness (QED) is 0.501. The van der Waals surface area contributed by atoms with Crippen molar-refractivity contribution in [3.63, 3.8) is 0 Å². The van der Waals surface area contributed by atoms with Crippen molar-refractivity contribution in [1.29, 1.82) is 0 Å². The van der Waals surface area contributed by atoms with Crippen molar-refractivity contribution in [2.45, 2.75) is 5.37 Å². The number of amides is 1. The van der Waals surface area contributed by atoms with Crippen molar-refractivity contribution in [3.8, 4) is 17.0 Å². The maximum absolute atomic E-state index is 13.0. The zero-order valence-corrected chi connectivity index (χ0v) is 15.8. The number of aromatic amines is 1. The van der Waals surface area contributed by atoms with Gasteiger partial charge in [0.05, 0.1) is 17.1 Å². The molecule has 1 aliphatic heterocycles. The van der Waals surface area contributed by atoms with Crippen LogP contribution in [0.5, 0.6) is 5.75 Å². The first-order valence-electron chi connectivity index (χ1n) is 9.11. The Kier molecular flexibility index (Phi) is 4.10. The summed E-state index contributed by atoms with van der Waals surface area (Å²) in [4.78, 5) is 18.4. The standard InChI is InChI=1S/C23H18N2O2S/c26-17-10-6-9-16(13-17)23-25(20(27)14-28-23)22-18-11-4-5-12-19(18)24-21(22)15-7-2-1-3-8-15/h1-13,23-24,26H,14H2.